The van der Waals surface area contributed by atoms with Gasteiger partial charge in [0, 0.05) is 31.1 Å². The molecule has 0 atom stereocenters. The van der Waals surface area contributed by atoms with Gasteiger partial charge in [-0.05, 0) is 57.9 Å². The van der Waals surface area contributed by atoms with Gasteiger partial charge in [-0.3, -0.25) is 9.69 Å². The molecule has 1 aromatic rings. The third-order valence-electron chi connectivity index (χ3n) is 5.68. The zero-order valence-corrected chi connectivity index (χ0v) is 20.5. The van der Waals surface area contributed by atoms with Crippen molar-refractivity contribution in [1.82, 2.24) is 14.7 Å². The molecule has 0 aromatic carbocycles. The number of likely N-dealkylation sites (tertiary alicyclic amines) is 2. The number of amides is 1. The number of likely N-dealkylation sites (N-methyl/N-ethyl adjacent to an activating group) is 1. The average molecular weight is 550 g/mol. The van der Waals surface area contributed by atoms with E-state index in [1.807, 2.05) is 11.3 Å². The van der Waals surface area contributed by atoms with Gasteiger partial charge in [-0.25, -0.2) is 9.59 Å². The van der Waals surface area contributed by atoms with Crippen molar-refractivity contribution in [2.24, 2.45) is 5.41 Å². The normalized spacial score (nSPS) is 17.9. The molecule has 2 aliphatic rings. The van der Waals surface area contributed by atoms with E-state index in [9.17, 15) is 31.1 Å². The maximum Gasteiger partial charge on any atom is 0.490 e. The Labute approximate surface area is 208 Å². The van der Waals surface area contributed by atoms with E-state index in [1.165, 1.54) is 4.88 Å². The fourth-order valence-electron chi connectivity index (χ4n) is 3.65. The highest BCUT2D eigenvalue weighted by atomic mass is 32.1. The van der Waals surface area contributed by atoms with Crippen molar-refractivity contribution in [3.63, 3.8) is 0 Å². The van der Waals surface area contributed by atoms with Crippen molar-refractivity contribution in [2.45, 2.75) is 38.2 Å². The number of carboxylic acids is 2. The number of carboxylic acid groups (broad SMARTS) is 2. The van der Waals surface area contributed by atoms with Gasteiger partial charge in [-0.1, -0.05) is 6.07 Å². The van der Waals surface area contributed by atoms with Crippen molar-refractivity contribution in [3.8, 4) is 0 Å². The maximum atomic E-state index is 12.8. The van der Waals surface area contributed by atoms with Gasteiger partial charge in [0.2, 0.25) is 5.91 Å². The zero-order valence-electron chi connectivity index (χ0n) is 19.7. The van der Waals surface area contributed by atoms with Gasteiger partial charge in [0.25, 0.3) is 0 Å². The number of carbonyl (C=O) groups is 3. The minimum Gasteiger partial charge on any atom is -0.475 e. The second kappa shape index (κ2) is 13.2. The molecule has 0 radical (unpaired) electrons. The summed E-state index contributed by atoms with van der Waals surface area (Å²) in [5, 5.41) is 16.4. The summed E-state index contributed by atoms with van der Waals surface area (Å²) in [5.74, 6) is -5.09. The Morgan fingerprint density at radius 3 is 1.86 bits per heavy atom. The minimum atomic E-state index is -5.08. The topological polar surface area (TPSA) is 101 Å². The van der Waals surface area contributed by atoms with E-state index in [1.54, 1.807) is 0 Å². The number of halogens is 6. The van der Waals surface area contributed by atoms with Gasteiger partial charge >= 0.3 is 24.3 Å². The highest BCUT2D eigenvalue weighted by Gasteiger charge is 2.47. The summed E-state index contributed by atoms with van der Waals surface area (Å²) in [6.07, 6.45) is -7.03. The van der Waals surface area contributed by atoms with Crippen molar-refractivity contribution in [2.75, 3.05) is 46.8 Å². The molecule has 2 N–H and O–H groups in total. The number of nitrogens with zero attached hydrogens (tertiary/aromatic N) is 3. The number of rotatable bonds is 5. The molecule has 206 valence electrons. The summed E-state index contributed by atoms with van der Waals surface area (Å²) in [4.78, 5) is 38.8. The molecule has 2 aliphatic heterocycles. The highest BCUT2D eigenvalue weighted by Crippen LogP contribution is 2.41. The molecule has 2 saturated heterocycles. The van der Waals surface area contributed by atoms with Crippen LogP contribution in [0.2, 0.25) is 0 Å². The van der Waals surface area contributed by atoms with Crippen LogP contribution in [0.1, 0.15) is 24.1 Å². The number of carbonyl (C=O) groups excluding carboxylic acids is 1. The summed E-state index contributed by atoms with van der Waals surface area (Å²) >= 11 is 1.83. The lowest BCUT2D eigenvalue weighted by atomic mass is 9.77. The van der Waals surface area contributed by atoms with Crippen molar-refractivity contribution in [1.29, 1.82) is 0 Å². The molecule has 1 aromatic heterocycles. The quantitative estimate of drug-likeness (QED) is 0.543. The molecule has 2 fully saturated rings. The summed E-state index contributed by atoms with van der Waals surface area (Å²) in [6.45, 7) is 5.97. The van der Waals surface area contributed by atoms with E-state index in [0.717, 1.165) is 58.5 Å². The third-order valence-corrected chi connectivity index (χ3v) is 6.54. The molecule has 3 heterocycles. The van der Waals surface area contributed by atoms with Gasteiger partial charge < -0.3 is 20.0 Å². The van der Waals surface area contributed by atoms with Crippen molar-refractivity contribution < 1.29 is 50.9 Å². The number of alkyl halides is 6. The van der Waals surface area contributed by atoms with Gasteiger partial charge in [0.1, 0.15) is 0 Å². The lowest BCUT2D eigenvalue weighted by Gasteiger charge is -2.37. The summed E-state index contributed by atoms with van der Waals surface area (Å²) in [6, 6.07) is 4.33. The molecule has 3 rings (SSSR count). The van der Waals surface area contributed by atoms with Crippen LogP contribution in [0, 0.1) is 5.41 Å². The lowest BCUT2D eigenvalue weighted by molar-refractivity contribution is -0.193. The molecule has 36 heavy (non-hydrogen) atoms. The van der Waals surface area contributed by atoms with Crippen LogP contribution >= 0.6 is 11.3 Å². The first-order valence-corrected chi connectivity index (χ1v) is 11.6. The Hall–Kier alpha value is -2.39. The second-order valence-electron chi connectivity index (χ2n) is 8.59. The largest absolute Gasteiger partial charge is 0.490 e. The molecule has 8 nitrogen and oxygen atoms in total. The van der Waals surface area contributed by atoms with Crippen LogP contribution in [-0.2, 0) is 20.9 Å². The van der Waals surface area contributed by atoms with Gasteiger partial charge in [0.05, 0.1) is 5.41 Å². The zero-order chi connectivity index (χ0) is 27.7. The molecule has 1 spiro atoms. The van der Waals surface area contributed by atoms with Crippen molar-refractivity contribution in [3.05, 3.63) is 22.4 Å². The number of piperidine rings is 1. The fraction of sp³-hybridized carbons (Fsp3) is 0.667. The first-order chi connectivity index (χ1) is 16.5. The van der Waals surface area contributed by atoms with Gasteiger partial charge in [0.15, 0.2) is 0 Å². The van der Waals surface area contributed by atoms with Crippen molar-refractivity contribution >= 4 is 29.2 Å². The molecule has 15 heteroatoms. The van der Waals surface area contributed by atoms with E-state index in [-0.39, 0.29) is 5.41 Å². The van der Waals surface area contributed by atoms with Crippen LogP contribution in [0.15, 0.2) is 17.5 Å². The smallest absolute Gasteiger partial charge is 0.475 e. The molecule has 0 saturated carbocycles. The predicted molar refractivity (Wildman–Crippen MR) is 118 cm³/mol. The Balaban J connectivity index is 0.000000383. The fourth-order valence-corrected chi connectivity index (χ4v) is 4.40. The average Bonchev–Trinajstić information content (AvgIpc) is 3.37. The SMILES string of the molecule is CN(C)CCN1CCC2(CCN(Cc3cccs3)CC2)C1=O.O=C(O)C(F)(F)F.O=C(O)C(F)(F)F. The predicted octanol–water partition coefficient (Wildman–Crippen LogP) is 3.39. The Morgan fingerprint density at radius 2 is 1.47 bits per heavy atom. The van der Waals surface area contributed by atoms with Crippen LogP contribution in [0.3, 0.4) is 0 Å². The number of hydrogen-bond donors (Lipinski definition) is 2. The second-order valence-corrected chi connectivity index (χ2v) is 9.62. The van der Waals surface area contributed by atoms with E-state index < -0.39 is 24.3 Å². The highest BCUT2D eigenvalue weighted by molar-refractivity contribution is 7.09. The maximum absolute atomic E-state index is 12.8. The number of aliphatic carboxylic acids is 2. The molecule has 0 unspecified atom stereocenters. The lowest BCUT2D eigenvalue weighted by Crippen LogP contribution is -2.45. The molecule has 0 bridgehead atoms. The Bertz CT molecular complexity index is 829. The standard InChI is InChI=1S/C17H27N3OS.2C2HF3O2/c1-18(2)11-12-20-10-7-17(16(20)21)5-8-19(9-6-17)14-15-4-3-13-22-15;2*3-2(4,5)1(6)7/h3-4,13H,5-12,14H2,1-2H3;2*(H,6,7). The molecular weight excluding hydrogens is 520 g/mol. The number of thiophene rings is 1. The van der Waals surface area contributed by atoms with Crippen LogP contribution in [0.25, 0.3) is 0 Å². The van der Waals surface area contributed by atoms with Crippen LogP contribution in [0.5, 0.6) is 0 Å². The van der Waals surface area contributed by atoms with E-state index >= 15 is 0 Å². The minimum absolute atomic E-state index is 0.0434. The molecular formula is C21H29F6N3O5S. The van der Waals surface area contributed by atoms with Crippen LogP contribution in [-0.4, -0.2) is 102 Å². The van der Waals surface area contributed by atoms with E-state index in [4.69, 9.17) is 19.8 Å². The first-order valence-electron chi connectivity index (χ1n) is 10.8. The number of hydrogen-bond acceptors (Lipinski definition) is 6. The van der Waals surface area contributed by atoms with Crippen LogP contribution < -0.4 is 0 Å². The van der Waals surface area contributed by atoms with E-state index in [0.29, 0.717) is 5.91 Å². The van der Waals surface area contributed by atoms with Gasteiger partial charge in [-0.2, -0.15) is 26.3 Å². The summed E-state index contributed by atoms with van der Waals surface area (Å²) < 4.78 is 63.5. The summed E-state index contributed by atoms with van der Waals surface area (Å²) in [5.41, 5.74) is -0.0434. The van der Waals surface area contributed by atoms with Gasteiger partial charge in [-0.15, -0.1) is 11.3 Å². The first kappa shape index (κ1) is 31.6. The monoisotopic (exact) mass is 549 g/mol. The van der Waals surface area contributed by atoms with Crippen LogP contribution in [0.4, 0.5) is 26.3 Å². The molecule has 1 amide bonds. The molecule has 0 aliphatic carbocycles. The summed E-state index contributed by atoms with van der Waals surface area (Å²) in [7, 11) is 4.14. The Morgan fingerprint density at radius 1 is 1.00 bits per heavy atom. The Kier molecular flexibility index (Phi) is 11.6. The van der Waals surface area contributed by atoms with E-state index in [2.05, 4.69) is 46.3 Å². The third kappa shape index (κ3) is 10.3.